The molecule has 0 heterocycles. The van der Waals surface area contributed by atoms with Crippen LogP contribution in [0.2, 0.25) is 0 Å². The van der Waals surface area contributed by atoms with Crippen LogP contribution in [0.15, 0.2) is 11.7 Å². The fourth-order valence-electron chi connectivity index (χ4n) is 1.38. The molecule has 0 saturated carbocycles. The molecule has 114 valence electrons. The van der Waals surface area contributed by atoms with Crippen LogP contribution in [-0.4, -0.2) is 26.6 Å². The largest absolute Gasteiger partial charge is 0.491 e. The summed E-state index contributed by atoms with van der Waals surface area (Å²) in [5.74, 6) is 1.30. The number of hydrogen-bond acceptors (Lipinski definition) is 4. The van der Waals surface area contributed by atoms with Crippen molar-refractivity contribution in [3.8, 4) is 0 Å². The van der Waals surface area contributed by atoms with Crippen LogP contribution in [-0.2, 0) is 18.9 Å². The average molecular weight is 274 g/mol. The molecule has 0 aliphatic heterocycles. The van der Waals surface area contributed by atoms with Gasteiger partial charge in [0.2, 0.25) is 0 Å². The molecule has 0 bridgehead atoms. The number of hydrogen-bond donors (Lipinski definition) is 0. The van der Waals surface area contributed by atoms with Gasteiger partial charge in [-0.1, -0.05) is 27.7 Å². The molecule has 0 aliphatic carbocycles. The van der Waals surface area contributed by atoms with Gasteiger partial charge in [-0.05, 0) is 25.7 Å². The Morgan fingerprint density at radius 1 is 0.684 bits per heavy atom. The third-order valence-electron chi connectivity index (χ3n) is 2.24. The third kappa shape index (κ3) is 9.65. The molecule has 0 radical (unpaired) electrons. The summed E-state index contributed by atoms with van der Waals surface area (Å²) in [4.78, 5) is 0. The number of allylic oxidation sites excluding steroid dienone is 1. The van der Waals surface area contributed by atoms with Gasteiger partial charge in [-0.25, -0.2) is 0 Å². The zero-order chi connectivity index (χ0) is 14.3. The Kier molecular flexibility index (Phi) is 12.9. The van der Waals surface area contributed by atoms with E-state index in [4.69, 9.17) is 18.9 Å². The summed E-state index contributed by atoms with van der Waals surface area (Å²) in [7, 11) is 0. The smallest absolute Gasteiger partial charge is 0.321 e. The van der Waals surface area contributed by atoms with Crippen molar-refractivity contribution in [3.05, 3.63) is 11.7 Å². The van der Waals surface area contributed by atoms with Crippen LogP contribution in [0.5, 0.6) is 0 Å². The summed E-state index contributed by atoms with van der Waals surface area (Å²) < 4.78 is 22.3. The summed E-state index contributed by atoms with van der Waals surface area (Å²) in [6, 6.07) is 0. The first kappa shape index (κ1) is 18.1. The second kappa shape index (κ2) is 13.5. The van der Waals surface area contributed by atoms with Crippen LogP contribution in [0, 0.1) is 0 Å². The van der Waals surface area contributed by atoms with Crippen molar-refractivity contribution in [2.75, 3.05) is 26.6 Å². The quantitative estimate of drug-likeness (QED) is 0.286. The number of rotatable bonds is 13. The van der Waals surface area contributed by atoms with E-state index in [1.807, 2.05) is 0 Å². The molecule has 19 heavy (non-hydrogen) atoms. The molecule has 0 atom stereocenters. The van der Waals surface area contributed by atoms with Crippen molar-refractivity contribution in [1.29, 1.82) is 0 Å². The predicted molar refractivity (Wildman–Crippen MR) is 76.6 cm³/mol. The first-order valence-corrected chi connectivity index (χ1v) is 7.49. The summed E-state index contributed by atoms with van der Waals surface area (Å²) in [6.07, 6.45) is 4.72. The molecule has 0 N–H and O–H groups in total. The Morgan fingerprint density at radius 2 is 1.32 bits per heavy atom. The van der Waals surface area contributed by atoms with Crippen LogP contribution in [0.1, 0.15) is 59.8 Å². The topological polar surface area (TPSA) is 36.9 Å². The molecule has 0 aromatic heterocycles. The summed E-state index contributed by atoms with van der Waals surface area (Å²) >= 11 is 0. The molecule has 4 nitrogen and oxygen atoms in total. The molecular weight excluding hydrogens is 244 g/mol. The lowest BCUT2D eigenvalue weighted by atomic mass is 10.3. The number of ether oxygens (including phenoxy) is 4. The first-order chi connectivity index (χ1) is 9.29. The second-order valence-corrected chi connectivity index (χ2v) is 4.33. The molecule has 4 heteroatoms. The maximum atomic E-state index is 5.72. The SMILES string of the molecule is CCCOCO/C(OCCC)=C(/CCC)OCCC. The lowest BCUT2D eigenvalue weighted by Gasteiger charge is -2.17. The van der Waals surface area contributed by atoms with E-state index in [-0.39, 0.29) is 6.79 Å². The van der Waals surface area contributed by atoms with Gasteiger partial charge >= 0.3 is 5.95 Å². The van der Waals surface area contributed by atoms with E-state index in [0.29, 0.717) is 25.8 Å². The Morgan fingerprint density at radius 3 is 1.89 bits per heavy atom. The van der Waals surface area contributed by atoms with Gasteiger partial charge in [0.05, 0.1) is 19.8 Å². The van der Waals surface area contributed by atoms with Crippen molar-refractivity contribution in [2.45, 2.75) is 59.8 Å². The average Bonchev–Trinajstić information content (AvgIpc) is 2.43. The molecule has 0 aliphatic rings. The highest BCUT2D eigenvalue weighted by molar-refractivity contribution is 4.95. The van der Waals surface area contributed by atoms with Gasteiger partial charge < -0.3 is 18.9 Å². The molecule has 0 spiro atoms. The van der Waals surface area contributed by atoms with Crippen molar-refractivity contribution in [2.24, 2.45) is 0 Å². The normalized spacial score (nSPS) is 12.0. The van der Waals surface area contributed by atoms with Gasteiger partial charge in [-0.15, -0.1) is 0 Å². The second-order valence-electron chi connectivity index (χ2n) is 4.33. The first-order valence-electron chi connectivity index (χ1n) is 7.49. The molecule has 0 aromatic carbocycles. The molecule has 0 rings (SSSR count). The van der Waals surface area contributed by atoms with Gasteiger partial charge in [0, 0.05) is 6.42 Å². The minimum Gasteiger partial charge on any atom is -0.491 e. The highest BCUT2D eigenvalue weighted by Gasteiger charge is 2.11. The van der Waals surface area contributed by atoms with Gasteiger partial charge in [0.1, 0.15) is 0 Å². The van der Waals surface area contributed by atoms with E-state index in [9.17, 15) is 0 Å². The predicted octanol–water partition coefficient (Wildman–Crippen LogP) is 4.21. The third-order valence-corrected chi connectivity index (χ3v) is 2.24. The Labute approximate surface area is 118 Å². The molecule has 0 unspecified atom stereocenters. The maximum absolute atomic E-state index is 5.72. The van der Waals surface area contributed by atoms with Crippen molar-refractivity contribution < 1.29 is 18.9 Å². The fraction of sp³-hybridized carbons (Fsp3) is 0.867. The minimum absolute atomic E-state index is 0.218. The van der Waals surface area contributed by atoms with Crippen LogP contribution in [0.25, 0.3) is 0 Å². The summed E-state index contributed by atoms with van der Waals surface area (Å²) in [5, 5.41) is 0. The summed E-state index contributed by atoms with van der Waals surface area (Å²) in [5.41, 5.74) is 0. The van der Waals surface area contributed by atoms with Crippen LogP contribution < -0.4 is 0 Å². The highest BCUT2D eigenvalue weighted by Crippen LogP contribution is 2.16. The van der Waals surface area contributed by atoms with Crippen LogP contribution in [0.3, 0.4) is 0 Å². The minimum atomic E-state index is 0.218. The van der Waals surface area contributed by atoms with Gasteiger partial charge in [0.15, 0.2) is 12.6 Å². The summed E-state index contributed by atoms with van der Waals surface area (Å²) in [6.45, 7) is 10.6. The fourth-order valence-corrected chi connectivity index (χ4v) is 1.38. The van der Waals surface area contributed by atoms with Gasteiger partial charge in [-0.3, -0.25) is 0 Å². The van der Waals surface area contributed by atoms with E-state index in [1.54, 1.807) is 0 Å². The zero-order valence-electron chi connectivity index (χ0n) is 13.0. The Bertz CT molecular complexity index is 226. The van der Waals surface area contributed by atoms with Crippen molar-refractivity contribution in [3.63, 3.8) is 0 Å². The lowest BCUT2D eigenvalue weighted by Crippen LogP contribution is -2.09. The lowest BCUT2D eigenvalue weighted by molar-refractivity contribution is -0.0832. The van der Waals surface area contributed by atoms with E-state index < -0.39 is 0 Å². The maximum Gasteiger partial charge on any atom is 0.321 e. The van der Waals surface area contributed by atoms with Gasteiger partial charge in [0.25, 0.3) is 0 Å². The van der Waals surface area contributed by atoms with Crippen molar-refractivity contribution >= 4 is 0 Å². The van der Waals surface area contributed by atoms with Gasteiger partial charge in [-0.2, -0.15) is 0 Å². The molecular formula is C15H30O4. The van der Waals surface area contributed by atoms with E-state index in [1.165, 1.54) is 0 Å². The molecule has 0 amide bonds. The van der Waals surface area contributed by atoms with Crippen molar-refractivity contribution in [1.82, 2.24) is 0 Å². The standard InChI is InChI=1S/C15H30O4/c1-5-9-14(17-11-7-3)15(18-12-8-4)19-13-16-10-6-2/h5-13H2,1-4H3/b15-14-. The van der Waals surface area contributed by atoms with E-state index >= 15 is 0 Å². The zero-order valence-corrected chi connectivity index (χ0v) is 13.0. The molecule has 0 aromatic rings. The Balaban J connectivity index is 4.48. The van der Waals surface area contributed by atoms with Crippen LogP contribution in [0.4, 0.5) is 0 Å². The Hall–Kier alpha value is -0.900. The van der Waals surface area contributed by atoms with Crippen LogP contribution >= 0.6 is 0 Å². The highest BCUT2D eigenvalue weighted by atomic mass is 16.7. The van der Waals surface area contributed by atoms with E-state index in [0.717, 1.165) is 37.9 Å². The molecule has 0 fully saturated rings. The van der Waals surface area contributed by atoms with E-state index in [2.05, 4.69) is 27.7 Å². The molecule has 0 saturated heterocycles. The monoisotopic (exact) mass is 274 g/mol.